The van der Waals surface area contributed by atoms with E-state index in [4.69, 9.17) is 32.7 Å². The second-order valence-corrected chi connectivity index (χ2v) is 7.69. The number of fused-ring (bicyclic) bond motifs is 1. The predicted octanol–water partition coefficient (Wildman–Crippen LogP) is 5.55. The molecule has 4 aromatic rings. The normalized spacial score (nSPS) is 10.9. The first-order valence-electron chi connectivity index (χ1n) is 9.80. The summed E-state index contributed by atoms with van der Waals surface area (Å²) in [5.74, 6) is 1.53. The van der Waals surface area contributed by atoms with Crippen LogP contribution in [0.3, 0.4) is 0 Å². The quantitative estimate of drug-likeness (QED) is 0.398. The topological polar surface area (TPSA) is 78.3 Å². The van der Waals surface area contributed by atoms with Gasteiger partial charge in [0, 0.05) is 35.4 Å². The lowest BCUT2D eigenvalue weighted by atomic mass is 10.1. The highest BCUT2D eigenvalue weighted by atomic mass is 35.5. The first-order chi connectivity index (χ1) is 15.5. The molecule has 0 unspecified atom stereocenters. The van der Waals surface area contributed by atoms with Gasteiger partial charge in [0.1, 0.15) is 5.65 Å². The third-order valence-corrected chi connectivity index (χ3v) is 5.64. The maximum atomic E-state index is 13.3. The number of rotatable bonds is 6. The lowest BCUT2D eigenvalue weighted by Gasteiger charge is -2.14. The van der Waals surface area contributed by atoms with Gasteiger partial charge in [-0.3, -0.25) is 9.36 Å². The van der Waals surface area contributed by atoms with E-state index in [1.807, 2.05) is 13.0 Å². The number of aryl methyl sites for hydroxylation is 1. The fraction of sp³-hybridized carbons (Fsp3) is 0.174. The van der Waals surface area contributed by atoms with Gasteiger partial charge >= 0.3 is 0 Å². The van der Waals surface area contributed by atoms with Crippen LogP contribution in [0.4, 0.5) is 11.6 Å². The Balaban J connectivity index is 1.81. The Labute approximate surface area is 194 Å². The zero-order valence-electron chi connectivity index (χ0n) is 17.6. The number of aromatic nitrogens is 3. The van der Waals surface area contributed by atoms with Gasteiger partial charge in [0.15, 0.2) is 11.5 Å². The van der Waals surface area contributed by atoms with Crippen LogP contribution in [0.2, 0.25) is 10.0 Å². The fourth-order valence-electron chi connectivity index (χ4n) is 3.49. The summed E-state index contributed by atoms with van der Waals surface area (Å²) in [6.45, 7) is 2.29. The van der Waals surface area contributed by atoms with Crippen molar-refractivity contribution in [3.05, 3.63) is 69.1 Å². The van der Waals surface area contributed by atoms with Gasteiger partial charge in [-0.1, -0.05) is 29.3 Å². The van der Waals surface area contributed by atoms with Crippen molar-refractivity contribution in [3.8, 4) is 22.6 Å². The zero-order chi connectivity index (χ0) is 22.8. The molecule has 7 nitrogen and oxygen atoms in total. The van der Waals surface area contributed by atoms with E-state index >= 15 is 0 Å². The molecular formula is C23H20Cl2N4O3. The van der Waals surface area contributed by atoms with Crippen molar-refractivity contribution in [3.63, 3.8) is 0 Å². The van der Waals surface area contributed by atoms with Crippen molar-refractivity contribution < 1.29 is 9.47 Å². The van der Waals surface area contributed by atoms with E-state index in [2.05, 4.69) is 15.3 Å². The molecule has 0 radical (unpaired) electrons. The van der Waals surface area contributed by atoms with E-state index in [9.17, 15) is 4.79 Å². The molecule has 0 fully saturated rings. The highest BCUT2D eigenvalue weighted by Gasteiger charge is 2.17. The smallest absolute Gasteiger partial charge is 0.260 e. The molecule has 0 saturated carbocycles. The largest absolute Gasteiger partial charge is 0.493 e. The molecule has 4 rings (SSSR count). The summed E-state index contributed by atoms with van der Waals surface area (Å²) in [5, 5.41) is 4.65. The number of pyridine rings is 1. The molecule has 2 aromatic carbocycles. The van der Waals surface area contributed by atoms with E-state index in [-0.39, 0.29) is 5.56 Å². The molecular weight excluding hydrogens is 451 g/mol. The Hall–Kier alpha value is -3.29. The molecule has 32 heavy (non-hydrogen) atoms. The number of ether oxygens (including phenoxy) is 2. The Morgan fingerprint density at radius 2 is 1.75 bits per heavy atom. The van der Waals surface area contributed by atoms with Gasteiger partial charge in [0.05, 0.1) is 29.8 Å². The first kappa shape index (κ1) is 21.9. The van der Waals surface area contributed by atoms with Crippen LogP contribution in [-0.2, 0) is 6.54 Å². The van der Waals surface area contributed by atoms with E-state index < -0.39 is 0 Å². The van der Waals surface area contributed by atoms with Crippen molar-refractivity contribution in [2.45, 2.75) is 13.5 Å². The summed E-state index contributed by atoms with van der Waals surface area (Å²) in [4.78, 5) is 22.3. The minimum absolute atomic E-state index is 0.231. The Bertz CT molecular complexity index is 1350. The molecule has 0 aliphatic rings. The SMILES string of the molecule is CCn1c(=O)c(-c2c(Cl)cccc2Cl)cc2cnc(Nc3ccc(OC)c(OC)c3)nc21. The third kappa shape index (κ3) is 3.97. The van der Waals surface area contributed by atoms with Gasteiger partial charge in [-0.05, 0) is 37.3 Å². The molecule has 9 heteroatoms. The molecule has 164 valence electrons. The fourth-order valence-corrected chi connectivity index (χ4v) is 4.09. The highest BCUT2D eigenvalue weighted by Crippen LogP contribution is 2.34. The van der Waals surface area contributed by atoms with Crippen LogP contribution in [0.15, 0.2) is 53.5 Å². The summed E-state index contributed by atoms with van der Waals surface area (Å²) in [6.07, 6.45) is 1.66. The van der Waals surface area contributed by atoms with Gasteiger partial charge < -0.3 is 14.8 Å². The lowest BCUT2D eigenvalue weighted by molar-refractivity contribution is 0.355. The van der Waals surface area contributed by atoms with Crippen LogP contribution in [0.1, 0.15) is 6.92 Å². The van der Waals surface area contributed by atoms with Crippen molar-refractivity contribution >= 4 is 45.9 Å². The second-order valence-electron chi connectivity index (χ2n) is 6.87. The summed E-state index contributed by atoms with van der Waals surface area (Å²) in [7, 11) is 3.14. The van der Waals surface area contributed by atoms with Crippen LogP contribution in [-0.4, -0.2) is 28.8 Å². The second kappa shape index (κ2) is 9.06. The molecule has 0 spiro atoms. The monoisotopic (exact) mass is 470 g/mol. The standard InChI is InChI=1S/C23H20Cl2N4O3/c1-4-29-21-13(10-15(22(29)30)20-16(24)6-5-7-17(20)25)12-26-23(28-21)27-14-8-9-18(31-2)19(11-14)32-3/h5-12H,4H2,1-3H3,(H,26,27,28). The summed E-state index contributed by atoms with van der Waals surface area (Å²) >= 11 is 12.7. The number of nitrogens with one attached hydrogen (secondary N) is 1. The number of benzene rings is 2. The molecule has 2 heterocycles. The van der Waals surface area contributed by atoms with E-state index in [1.165, 1.54) is 0 Å². The van der Waals surface area contributed by atoms with Gasteiger partial charge in [0.2, 0.25) is 5.95 Å². The molecule has 0 aliphatic heterocycles. The molecule has 1 N–H and O–H groups in total. The van der Waals surface area contributed by atoms with E-state index in [0.717, 1.165) is 0 Å². The first-order valence-corrected chi connectivity index (χ1v) is 10.6. The number of halogens is 2. The molecule has 0 atom stereocenters. The van der Waals surface area contributed by atoms with Gasteiger partial charge in [-0.2, -0.15) is 4.98 Å². The predicted molar refractivity (Wildman–Crippen MR) is 128 cm³/mol. The molecule has 2 aromatic heterocycles. The Morgan fingerprint density at radius 3 is 2.41 bits per heavy atom. The molecule has 0 aliphatic carbocycles. The minimum Gasteiger partial charge on any atom is -0.493 e. The van der Waals surface area contributed by atoms with Crippen LogP contribution in [0, 0.1) is 0 Å². The van der Waals surface area contributed by atoms with Crippen molar-refractivity contribution in [2.24, 2.45) is 0 Å². The summed E-state index contributed by atoms with van der Waals surface area (Å²) < 4.78 is 12.2. The van der Waals surface area contributed by atoms with E-state index in [0.29, 0.717) is 61.9 Å². The molecule has 0 amide bonds. The molecule has 0 saturated heterocycles. The van der Waals surface area contributed by atoms with Gasteiger partial charge in [-0.15, -0.1) is 0 Å². The number of nitrogens with zero attached hydrogens (tertiary/aromatic N) is 3. The Kier molecular flexibility index (Phi) is 6.21. The zero-order valence-corrected chi connectivity index (χ0v) is 19.2. The van der Waals surface area contributed by atoms with Crippen LogP contribution >= 0.6 is 23.2 Å². The van der Waals surface area contributed by atoms with Crippen LogP contribution < -0.4 is 20.3 Å². The van der Waals surface area contributed by atoms with Crippen molar-refractivity contribution in [1.29, 1.82) is 0 Å². The maximum Gasteiger partial charge on any atom is 0.260 e. The number of methoxy groups -OCH3 is 2. The number of anilines is 2. The number of hydrogen-bond donors (Lipinski definition) is 1. The average Bonchev–Trinajstić information content (AvgIpc) is 2.79. The maximum absolute atomic E-state index is 13.3. The Morgan fingerprint density at radius 1 is 1.03 bits per heavy atom. The highest BCUT2D eigenvalue weighted by molar-refractivity contribution is 6.39. The lowest BCUT2D eigenvalue weighted by Crippen LogP contribution is -2.22. The third-order valence-electron chi connectivity index (χ3n) is 5.02. The van der Waals surface area contributed by atoms with Crippen LogP contribution in [0.25, 0.3) is 22.2 Å². The van der Waals surface area contributed by atoms with Crippen LogP contribution in [0.5, 0.6) is 11.5 Å². The summed E-state index contributed by atoms with van der Waals surface area (Å²) in [5.41, 5.74) is 1.89. The molecule has 0 bridgehead atoms. The summed E-state index contributed by atoms with van der Waals surface area (Å²) in [6, 6.07) is 12.3. The van der Waals surface area contributed by atoms with E-state index in [1.54, 1.807) is 61.4 Å². The van der Waals surface area contributed by atoms with Crippen molar-refractivity contribution in [2.75, 3.05) is 19.5 Å². The minimum atomic E-state index is -0.231. The van der Waals surface area contributed by atoms with Gasteiger partial charge in [0.25, 0.3) is 5.56 Å². The number of hydrogen-bond acceptors (Lipinski definition) is 6. The van der Waals surface area contributed by atoms with Gasteiger partial charge in [-0.25, -0.2) is 4.98 Å². The van der Waals surface area contributed by atoms with Crippen molar-refractivity contribution in [1.82, 2.24) is 14.5 Å². The average molecular weight is 471 g/mol.